The number of nitrogens with zero attached hydrogens (tertiary/aromatic N) is 3. The van der Waals surface area contributed by atoms with E-state index in [1.165, 1.54) is 0 Å². The van der Waals surface area contributed by atoms with E-state index >= 15 is 0 Å². The van der Waals surface area contributed by atoms with E-state index in [0.29, 0.717) is 29.4 Å². The molecule has 1 aromatic heterocycles. The molecule has 0 bridgehead atoms. The second kappa shape index (κ2) is 8.25. The number of carbonyl (C=O) groups is 1. The second-order valence-corrected chi connectivity index (χ2v) is 7.01. The second-order valence-electron chi connectivity index (χ2n) is 7.01. The molecule has 0 aliphatic carbocycles. The van der Waals surface area contributed by atoms with Crippen molar-refractivity contribution in [3.05, 3.63) is 30.3 Å². The fourth-order valence-corrected chi connectivity index (χ4v) is 3.48. The fourth-order valence-electron chi connectivity index (χ4n) is 3.48. The van der Waals surface area contributed by atoms with E-state index in [-0.39, 0.29) is 24.9 Å². The summed E-state index contributed by atoms with van der Waals surface area (Å²) in [7, 11) is 0. The van der Waals surface area contributed by atoms with Gasteiger partial charge in [0, 0.05) is 18.0 Å². The van der Waals surface area contributed by atoms with Crippen LogP contribution in [0.2, 0.25) is 0 Å². The highest BCUT2D eigenvalue weighted by molar-refractivity contribution is 5.83. The number of anilines is 2. The van der Waals surface area contributed by atoms with Crippen molar-refractivity contribution in [1.29, 1.82) is 0 Å². The molecule has 3 heterocycles. The van der Waals surface area contributed by atoms with Crippen LogP contribution in [0, 0.1) is 0 Å². The smallest absolute Gasteiger partial charge is 0.284 e. The number of alkyl halides is 2. The molecule has 2 aliphatic rings. The van der Waals surface area contributed by atoms with Crippen LogP contribution >= 0.6 is 0 Å². The summed E-state index contributed by atoms with van der Waals surface area (Å²) in [5.74, 6) is 1.73. The Morgan fingerprint density at radius 3 is 2.90 bits per heavy atom. The van der Waals surface area contributed by atoms with Gasteiger partial charge >= 0.3 is 0 Å². The molecule has 1 amide bonds. The number of ether oxygens (including phenoxy) is 2. The maximum absolute atomic E-state index is 13.4. The van der Waals surface area contributed by atoms with Crippen LogP contribution in [0.3, 0.4) is 0 Å². The highest BCUT2D eigenvalue weighted by Gasteiger charge is 2.40. The van der Waals surface area contributed by atoms with Gasteiger partial charge in [0.05, 0.1) is 12.1 Å². The Morgan fingerprint density at radius 1 is 1.39 bits per heavy atom. The van der Waals surface area contributed by atoms with E-state index in [0.717, 1.165) is 4.90 Å². The van der Waals surface area contributed by atoms with E-state index in [4.69, 9.17) is 14.7 Å². The number of halogens is 2. The van der Waals surface area contributed by atoms with Crippen molar-refractivity contribution in [3.8, 4) is 17.1 Å². The number of imidazole rings is 1. The lowest BCUT2D eigenvalue weighted by Crippen LogP contribution is -2.36. The summed E-state index contributed by atoms with van der Waals surface area (Å²) in [6.45, 7) is 1.93. The molecule has 2 aliphatic heterocycles. The maximum atomic E-state index is 13.4. The van der Waals surface area contributed by atoms with Crippen molar-refractivity contribution in [3.63, 3.8) is 0 Å². The van der Waals surface area contributed by atoms with Crippen LogP contribution in [0.1, 0.15) is 6.92 Å². The van der Waals surface area contributed by atoms with Gasteiger partial charge in [0.1, 0.15) is 36.9 Å². The number of aromatic nitrogens is 2. The number of fused-ring (bicyclic) bond motifs is 3. The predicted molar refractivity (Wildman–Crippen MR) is 104 cm³/mol. The predicted octanol–water partition coefficient (Wildman–Crippen LogP) is 1.39. The third-order valence-electron chi connectivity index (χ3n) is 5.03. The van der Waals surface area contributed by atoms with Crippen LogP contribution in [0.5, 0.6) is 5.75 Å². The van der Waals surface area contributed by atoms with Gasteiger partial charge in [-0.3, -0.25) is 14.9 Å². The first kappa shape index (κ1) is 20.6. The zero-order valence-corrected chi connectivity index (χ0v) is 16.3. The van der Waals surface area contributed by atoms with Crippen LogP contribution in [0.25, 0.3) is 11.4 Å². The molecule has 4 rings (SSSR count). The third kappa shape index (κ3) is 3.78. The minimum absolute atomic E-state index is 0.152. The van der Waals surface area contributed by atoms with Gasteiger partial charge in [-0.25, -0.2) is 24.0 Å². The van der Waals surface area contributed by atoms with Gasteiger partial charge in [-0.1, -0.05) is 0 Å². The molecule has 31 heavy (non-hydrogen) atoms. The molecule has 12 heteroatoms. The number of benzene rings is 1. The number of carbonyl (C=O) groups excluding carboxylic acids is 2. The Bertz CT molecular complexity index is 1050. The van der Waals surface area contributed by atoms with Crippen LogP contribution in [0.4, 0.5) is 20.3 Å². The van der Waals surface area contributed by atoms with E-state index in [9.17, 15) is 18.4 Å². The average Bonchev–Trinajstić information content (AvgIpc) is 3.33. The molecule has 0 saturated carbocycles. The number of hydrogen-bond donors (Lipinski definition) is 3. The number of hydrogen-bond acceptors (Lipinski definition) is 8. The molecule has 1 saturated heterocycles. The zero-order valence-electron chi connectivity index (χ0n) is 16.3. The summed E-state index contributed by atoms with van der Waals surface area (Å²) in [6, 6.07) is 3.06. The largest absolute Gasteiger partial charge is 0.491 e. The zero-order chi connectivity index (χ0) is 22.1. The molecule has 10 nitrogen and oxygen atoms in total. The highest BCUT2D eigenvalue weighted by atomic mass is 19.3. The molecule has 3 N–H and O–H groups in total. The molecule has 0 spiro atoms. The minimum Gasteiger partial charge on any atom is -0.491 e. The van der Waals surface area contributed by atoms with E-state index < -0.39 is 24.4 Å². The van der Waals surface area contributed by atoms with Crippen molar-refractivity contribution >= 4 is 23.4 Å². The molecule has 1 unspecified atom stereocenters. The van der Waals surface area contributed by atoms with Gasteiger partial charge in [-0.05, 0) is 19.1 Å². The van der Waals surface area contributed by atoms with E-state index in [1.54, 1.807) is 47.3 Å². The number of hydroxylamine groups is 1. The lowest BCUT2D eigenvalue weighted by Gasteiger charge is -2.19. The number of rotatable bonds is 5. The fraction of sp³-hybridized carbons (Fsp3) is 0.368. The molecule has 2 aromatic rings. The van der Waals surface area contributed by atoms with Crippen LogP contribution in [0.15, 0.2) is 30.3 Å². The standard InChI is InChI=1S/C19H19F2N5O5/c1-10(19(28)24-29)22-11-2-3-12-14(6-11)30-5-4-25-7-15(23-18(12)25)26-13(17(20)21)9-31-16(26)8-27/h2-3,6-7,10,13,17,22,29H,4-5,9H2,1H3,(H,24,28)/t10?,13-/m0/s1. The van der Waals surface area contributed by atoms with Crippen molar-refractivity contribution in [1.82, 2.24) is 15.0 Å². The Hall–Kier alpha value is -3.63. The molecule has 164 valence electrons. The van der Waals surface area contributed by atoms with Crippen LogP contribution in [-0.2, 0) is 20.9 Å². The van der Waals surface area contributed by atoms with Crippen molar-refractivity contribution in [2.45, 2.75) is 32.0 Å². The Kier molecular flexibility index (Phi) is 5.49. The van der Waals surface area contributed by atoms with E-state index in [2.05, 4.69) is 10.3 Å². The van der Waals surface area contributed by atoms with Crippen molar-refractivity contribution in [2.24, 2.45) is 0 Å². The number of amides is 1. The quantitative estimate of drug-likeness (QED) is 0.367. The molecule has 0 radical (unpaired) electrons. The first-order chi connectivity index (χ1) is 14.9. The van der Waals surface area contributed by atoms with Crippen LogP contribution in [-0.4, -0.2) is 58.3 Å². The average molecular weight is 435 g/mol. The van der Waals surface area contributed by atoms with Gasteiger partial charge < -0.3 is 19.4 Å². The van der Waals surface area contributed by atoms with E-state index in [1.807, 2.05) is 0 Å². The van der Waals surface area contributed by atoms with Gasteiger partial charge in [0.25, 0.3) is 18.2 Å². The minimum atomic E-state index is -2.74. The SMILES string of the molecule is CC(Nc1ccc2c(c1)OCCn1cc(N3C(=C=O)OC[C@H]3C(F)F)nc1-2)C(=O)NO. The molecule has 1 aromatic carbocycles. The first-order valence-electron chi connectivity index (χ1n) is 9.43. The van der Waals surface area contributed by atoms with Gasteiger partial charge in [-0.2, -0.15) is 0 Å². The third-order valence-corrected chi connectivity index (χ3v) is 5.03. The first-order valence-corrected chi connectivity index (χ1v) is 9.43. The summed E-state index contributed by atoms with van der Waals surface area (Å²) in [5, 5.41) is 11.7. The summed E-state index contributed by atoms with van der Waals surface area (Å²) in [6.07, 6.45) is -1.18. The Labute approximate surface area is 175 Å². The molecule has 2 atom stereocenters. The molecule has 1 fully saturated rings. The topological polar surface area (TPSA) is 118 Å². The van der Waals surface area contributed by atoms with Gasteiger partial charge in [-0.15, -0.1) is 0 Å². The summed E-state index contributed by atoms with van der Waals surface area (Å²) < 4.78 is 39.5. The summed E-state index contributed by atoms with van der Waals surface area (Å²) >= 11 is 0. The van der Waals surface area contributed by atoms with Gasteiger partial charge in [0.2, 0.25) is 0 Å². The van der Waals surface area contributed by atoms with Crippen molar-refractivity contribution in [2.75, 3.05) is 23.4 Å². The summed E-state index contributed by atoms with van der Waals surface area (Å²) in [5.41, 5.74) is 2.76. The number of nitrogens with one attached hydrogen (secondary N) is 2. The Morgan fingerprint density at radius 2 is 2.19 bits per heavy atom. The molecular weight excluding hydrogens is 416 g/mol. The Balaban J connectivity index is 1.68. The monoisotopic (exact) mass is 435 g/mol. The van der Waals surface area contributed by atoms with Gasteiger partial charge in [0.15, 0.2) is 11.8 Å². The maximum Gasteiger partial charge on any atom is 0.284 e. The lowest BCUT2D eigenvalue weighted by atomic mass is 10.1. The normalized spacial score (nSPS) is 18.3. The lowest BCUT2D eigenvalue weighted by molar-refractivity contribution is -0.129. The van der Waals surface area contributed by atoms with Crippen LogP contribution < -0.4 is 20.4 Å². The van der Waals surface area contributed by atoms with Crippen molar-refractivity contribution < 1.29 is 33.1 Å². The molecular formula is C19H19F2N5O5. The highest BCUT2D eigenvalue weighted by Crippen LogP contribution is 2.37. The summed E-state index contributed by atoms with van der Waals surface area (Å²) in [4.78, 5) is 28.2.